The number of hydrogen-bond acceptors (Lipinski definition) is 7. The normalized spacial score (nSPS) is 12.4. The van der Waals surface area contributed by atoms with Gasteiger partial charge in [-0.3, -0.25) is 14.4 Å². The average molecular weight is 576 g/mol. The number of benzene rings is 1. The Kier molecular flexibility index (Phi) is 15.9. The highest BCUT2D eigenvalue weighted by Gasteiger charge is 2.36. The lowest BCUT2D eigenvalue weighted by Gasteiger charge is -2.34. The van der Waals surface area contributed by atoms with Gasteiger partial charge in [0.2, 0.25) is 11.8 Å². The van der Waals surface area contributed by atoms with Crippen LogP contribution in [0.1, 0.15) is 83.4 Å². The summed E-state index contributed by atoms with van der Waals surface area (Å²) in [5, 5.41) is 5.32. The Morgan fingerprint density at radius 3 is 2.27 bits per heavy atom. The highest BCUT2D eigenvalue weighted by molar-refractivity contribution is 7.98. The van der Waals surface area contributed by atoms with E-state index in [0.29, 0.717) is 29.7 Å². The fraction of sp³-hybridized carbons (Fsp3) is 0.600. The Hall–Kier alpha value is -3.19. The zero-order valence-electron chi connectivity index (χ0n) is 24.7. The number of thioether (sulfide) groups is 1. The van der Waals surface area contributed by atoms with Crippen molar-refractivity contribution in [1.29, 1.82) is 0 Å². The Morgan fingerprint density at radius 2 is 1.73 bits per heavy atom. The van der Waals surface area contributed by atoms with Gasteiger partial charge in [0.15, 0.2) is 0 Å². The smallest absolute Gasteiger partial charge is 0.408 e. The molecule has 0 aliphatic carbocycles. The van der Waals surface area contributed by atoms with Gasteiger partial charge in [-0.25, -0.2) is 4.79 Å². The molecule has 0 radical (unpaired) electrons. The molecule has 3 amide bonds. The molecule has 0 heterocycles. The summed E-state index contributed by atoms with van der Waals surface area (Å²) in [4.78, 5) is 53.7. The molecule has 40 heavy (non-hydrogen) atoms. The summed E-state index contributed by atoms with van der Waals surface area (Å²) >= 11 is 1.54. The van der Waals surface area contributed by atoms with Gasteiger partial charge in [0.25, 0.3) is 0 Å². The molecule has 1 aromatic carbocycles. The number of rotatable bonds is 16. The zero-order valence-corrected chi connectivity index (χ0v) is 25.5. The van der Waals surface area contributed by atoms with E-state index in [0.717, 1.165) is 25.7 Å². The molecule has 2 atom stereocenters. The molecule has 0 saturated carbocycles. The third-order valence-corrected chi connectivity index (χ3v) is 6.62. The predicted octanol–water partition coefficient (Wildman–Crippen LogP) is 4.44. The summed E-state index contributed by atoms with van der Waals surface area (Å²) in [6.45, 7) is 7.29. The van der Waals surface area contributed by atoms with Gasteiger partial charge in [0.1, 0.15) is 24.2 Å². The van der Waals surface area contributed by atoms with E-state index in [2.05, 4.69) is 28.2 Å². The second kappa shape index (κ2) is 18.2. The minimum Gasteiger partial charge on any atom is -0.468 e. The van der Waals surface area contributed by atoms with Crippen LogP contribution < -0.4 is 10.6 Å². The molecule has 0 bridgehead atoms. The molecule has 0 spiro atoms. The molecule has 1 aromatic rings. The van der Waals surface area contributed by atoms with E-state index in [1.807, 2.05) is 6.26 Å². The molecule has 2 N–H and O–H groups in total. The standard InChI is InChI=1S/C30H45N3O6S/c1-8-10-11-12-13-19-33(28(36)24(18-20-40-7)32-29(37)39-30(3,4)5)26(27(35)31-21-25(34)38-6)23-16-14-22(9-2)15-17-23/h2,14-17,24,26H,8,10-13,18-21H2,1,3-7H3,(H,31,35)(H,32,37). The van der Waals surface area contributed by atoms with Crippen molar-refractivity contribution in [2.45, 2.75) is 83.9 Å². The van der Waals surface area contributed by atoms with Crippen LogP contribution in [-0.2, 0) is 23.9 Å². The third kappa shape index (κ3) is 12.8. The van der Waals surface area contributed by atoms with Crippen molar-refractivity contribution in [1.82, 2.24) is 15.5 Å². The number of amides is 3. The largest absolute Gasteiger partial charge is 0.468 e. The summed E-state index contributed by atoms with van der Waals surface area (Å²) in [7, 11) is 1.23. The first kappa shape index (κ1) is 34.8. The van der Waals surface area contributed by atoms with E-state index < -0.39 is 41.6 Å². The molecule has 10 heteroatoms. The van der Waals surface area contributed by atoms with Gasteiger partial charge in [0, 0.05) is 12.1 Å². The molecule has 1 rings (SSSR count). The number of carbonyl (C=O) groups excluding carboxylic acids is 4. The van der Waals surface area contributed by atoms with Crippen LogP contribution in [0.2, 0.25) is 0 Å². The van der Waals surface area contributed by atoms with Gasteiger partial charge < -0.3 is 25.0 Å². The minimum absolute atomic E-state index is 0.279. The van der Waals surface area contributed by atoms with Crippen molar-refractivity contribution >= 4 is 35.6 Å². The lowest BCUT2D eigenvalue weighted by Crippen LogP contribution is -2.53. The van der Waals surface area contributed by atoms with Crippen LogP contribution >= 0.6 is 11.8 Å². The van der Waals surface area contributed by atoms with Gasteiger partial charge in [-0.05, 0) is 63.3 Å². The first-order valence-corrected chi connectivity index (χ1v) is 15.1. The number of nitrogens with zero attached hydrogens (tertiary/aromatic N) is 1. The number of hydrogen-bond donors (Lipinski definition) is 2. The number of unbranched alkanes of at least 4 members (excludes halogenated alkanes) is 4. The average Bonchev–Trinajstić information content (AvgIpc) is 2.91. The van der Waals surface area contributed by atoms with E-state index in [4.69, 9.17) is 11.2 Å². The number of terminal acetylenes is 1. The van der Waals surface area contributed by atoms with Crippen molar-refractivity contribution in [2.24, 2.45) is 0 Å². The molecular weight excluding hydrogens is 530 g/mol. The highest BCUT2D eigenvalue weighted by Crippen LogP contribution is 2.25. The Labute approximate surface area is 243 Å². The summed E-state index contributed by atoms with van der Waals surface area (Å²) in [6, 6.07) is 4.82. The van der Waals surface area contributed by atoms with Crippen LogP contribution in [0.3, 0.4) is 0 Å². The van der Waals surface area contributed by atoms with E-state index in [9.17, 15) is 19.2 Å². The second-order valence-electron chi connectivity index (χ2n) is 10.4. The molecule has 9 nitrogen and oxygen atoms in total. The van der Waals surface area contributed by atoms with Gasteiger partial charge in [-0.1, -0.05) is 50.7 Å². The summed E-state index contributed by atoms with van der Waals surface area (Å²) < 4.78 is 10.1. The molecule has 0 aromatic heterocycles. The van der Waals surface area contributed by atoms with Crippen LogP contribution in [0.5, 0.6) is 0 Å². The molecule has 2 unspecified atom stereocenters. The Bertz CT molecular complexity index is 1000. The highest BCUT2D eigenvalue weighted by atomic mass is 32.2. The molecule has 222 valence electrons. The van der Waals surface area contributed by atoms with Gasteiger partial charge in [0.05, 0.1) is 7.11 Å². The van der Waals surface area contributed by atoms with Crippen LogP contribution in [-0.4, -0.2) is 72.6 Å². The summed E-state index contributed by atoms with van der Waals surface area (Å²) in [5.41, 5.74) is 0.411. The van der Waals surface area contributed by atoms with E-state index in [-0.39, 0.29) is 13.1 Å². The SMILES string of the molecule is C#Cc1ccc(C(C(=O)NCC(=O)OC)N(CCCCCCC)C(=O)C(CCSC)NC(=O)OC(C)(C)C)cc1. The predicted molar refractivity (Wildman–Crippen MR) is 159 cm³/mol. The quantitative estimate of drug-likeness (QED) is 0.170. The van der Waals surface area contributed by atoms with Gasteiger partial charge in [-0.2, -0.15) is 11.8 Å². The Balaban J connectivity index is 3.48. The molecular formula is C30H45N3O6S. The van der Waals surface area contributed by atoms with Crippen LogP contribution in [0, 0.1) is 12.3 Å². The summed E-state index contributed by atoms with van der Waals surface area (Å²) in [6.07, 6.45) is 11.8. The van der Waals surface area contributed by atoms with E-state index in [1.165, 1.54) is 12.0 Å². The number of alkyl carbamates (subject to hydrolysis) is 1. The van der Waals surface area contributed by atoms with Crippen LogP contribution in [0.25, 0.3) is 0 Å². The molecule has 0 aliphatic rings. The lowest BCUT2D eigenvalue weighted by atomic mass is 10.00. The fourth-order valence-corrected chi connectivity index (χ4v) is 4.43. The maximum atomic E-state index is 14.1. The second-order valence-corrected chi connectivity index (χ2v) is 11.4. The monoisotopic (exact) mass is 575 g/mol. The third-order valence-electron chi connectivity index (χ3n) is 5.97. The number of carbonyl (C=O) groups is 4. The maximum absolute atomic E-state index is 14.1. The van der Waals surface area contributed by atoms with Gasteiger partial charge >= 0.3 is 12.1 Å². The number of nitrogens with one attached hydrogen (secondary N) is 2. The van der Waals surface area contributed by atoms with Crippen LogP contribution in [0.4, 0.5) is 4.79 Å². The van der Waals surface area contributed by atoms with Crippen LogP contribution in [0.15, 0.2) is 24.3 Å². The zero-order chi connectivity index (χ0) is 30.1. The number of ether oxygens (including phenoxy) is 2. The molecule has 0 aliphatic heterocycles. The van der Waals surface area contributed by atoms with Gasteiger partial charge in [-0.15, -0.1) is 6.42 Å². The summed E-state index contributed by atoms with van der Waals surface area (Å²) in [5.74, 6) is 1.59. The van der Waals surface area contributed by atoms with Crippen molar-refractivity contribution in [3.8, 4) is 12.3 Å². The fourth-order valence-electron chi connectivity index (χ4n) is 3.96. The molecule has 0 saturated heterocycles. The maximum Gasteiger partial charge on any atom is 0.408 e. The first-order valence-electron chi connectivity index (χ1n) is 13.7. The van der Waals surface area contributed by atoms with E-state index in [1.54, 1.807) is 56.8 Å². The minimum atomic E-state index is -1.06. The topological polar surface area (TPSA) is 114 Å². The first-order chi connectivity index (χ1) is 19.0. The lowest BCUT2D eigenvalue weighted by molar-refractivity contribution is -0.144. The number of esters is 1. The van der Waals surface area contributed by atoms with Crippen molar-refractivity contribution in [2.75, 3.05) is 32.2 Å². The van der Waals surface area contributed by atoms with E-state index >= 15 is 0 Å². The Morgan fingerprint density at radius 1 is 1.07 bits per heavy atom. The van der Waals surface area contributed by atoms with Crippen molar-refractivity contribution < 1.29 is 28.7 Å². The molecule has 0 fully saturated rings. The van der Waals surface area contributed by atoms with Crippen molar-refractivity contribution in [3.05, 3.63) is 35.4 Å². The number of methoxy groups -OCH3 is 1. The van der Waals surface area contributed by atoms with Crippen molar-refractivity contribution in [3.63, 3.8) is 0 Å².